The Morgan fingerprint density at radius 3 is 2.55 bits per heavy atom. The Bertz CT molecular complexity index is 971. The minimum Gasteiger partial charge on any atom is -0.444 e. The molecule has 0 saturated heterocycles. The SMILES string of the molecule is CN=C(NCCCNc1ccc(C(F)(F)F)cn1)NCc1coc(-c2ccccc2)n1. The number of oxazole rings is 1. The Labute approximate surface area is 177 Å². The van der Waals surface area contributed by atoms with Gasteiger partial charge in [0.1, 0.15) is 12.1 Å². The number of hydrogen-bond acceptors (Lipinski definition) is 5. The number of alkyl halides is 3. The van der Waals surface area contributed by atoms with Crippen LogP contribution < -0.4 is 16.0 Å². The molecule has 1 aromatic carbocycles. The topological polar surface area (TPSA) is 87.4 Å². The van der Waals surface area contributed by atoms with E-state index in [9.17, 15) is 13.2 Å². The van der Waals surface area contributed by atoms with Gasteiger partial charge in [-0.1, -0.05) is 18.2 Å². The molecular formula is C21H23F3N6O. The summed E-state index contributed by atoms with van der Waals surface area (Å²) in [5.74, 6) is 1.57. The van der Waals surface area contributed by atoms with Crippen molar-refractivity contribution in [3.8, 4) is 11.5 Å². The summed E-state index contributed by atoms with van der Waals surface area (Å²) in [6, 6.07) is 12.0. The zero-order valence-electron chi connectivity index (χ0n) is 16.9. The highest BCUT2D eigenvalue weighted by Gasteiger charge is 2.30. The van der Waals surface area contributed by atoms with Gasteiger partial charge in [0.2, 0.25) is 5.89 Å². The molecule has 0 aliphatic carbocycles. The number of nitrogens with zero attached hydrogens (tertiary/aromatic N) is 3. The highest BCUT2D eigenvalue weighted by molar-refractivity contribution is 5.79. The molecule has 0 bridgehead atoms. The quantitative estimate of drug-likeness (QED) is 0.284. The predicted octanol–water partition coefficient (Wildman–Crippen LogP) is 3.92. The minimum absolute atomic E-state index is 0.399. The van der Waals surface area contributed by atoms with E-state index in [0.717, 1.165) is 23.5 Å². The maximum atomic E-state index is 12.5. The lowest BCUT2D eigenvalue weighted by Gasteiger charge is -2.11. The predicted molar refractivity (Wildman–Crippen MR) is 112 cm³/mol. The molecule has 0 radical (unpaired) electrons. The van der Waals surface area contributed by atoms with Gasteiger partial charge in [-0.05, 0) is 30.7 Å². The molecule has 2 aromatic heterocycles. The number of benzene rings is 1. The first-order valence-electron chi connectivity index (χ1n) is 9.67. The van der Waals surface area contributed by atoms with Gasteiger partial charge in [-0.15, -0.1) is 0 Å². The maximum Gasteiger partial charge on any atom is 0.417 e. The minimum atomic E-state index is -4.38. The first-order chi connectivity index (χ1) is 15.0. The molecule has 0 saturated carbocycles. The fraction of sp³-hybridized carbons (Fsp3) is 0.286. The molecular weight excluding hydrogens is 409 g/mol. The third-order valence-electron chi connectivity index (χ3n) is 4.28. The molecule has 0 aliphatic heterocycles. The molecule has 10 heteroatoms. The van der Waals surface area contributed by atoms with E-state index in [-0.39, 0.29) is 0 Å². The van der Waals surface area contributed by atoms with E-state index in [4.69, 9.17) is 4.42 Å². The highest BCUT2D eigenvalue weighted by Crippen LogP contribution is 2.28. The van der Waals surface area contributed by atoms with E-state index in [0.29, 0.717) is 43.7 Å². The molecule has 0 fully saturated rings. The van der Waals surface area contributed by atoms with Crippen molar-refractivity contribution < 1.29 is 17.6 Å². The number of nitrogens with one attached hydrogen (secondary N) is 3. The van der Waals surface area contributed by atoms with E-state index < -0.39 is 11.7 Å². The van der Waals surface area contributed by atoms with E-state index >= 15 is 0 Å². The van der Waals surface area contributed by atoms with Crippen molar-refractivity contribution in [2.24, 2.45) is 4.99 Å². The lowest BCUT2D eigenvalue weighted by atomic mass is 10.2. The standard InChI is InChI=1S/C21H23F3N6O/c1-25-20(29-13-17-14-31-19(30-17)15-6-3-2-4-7-15)27-11-5-10-26-18-9-8-16(12-28-18)21(22,23)24/h2-4,6-9,12,14H,5,10-11,13H2,1H3,(H,26,28)(H2,25,27,29). The van der Waals surface area contributed by atoms with Gasteiger partial charge in [0.25, 0.3) is 0 Å². The number of pyridine rings is 1. The molecule has 164 valence electrons. The van der Waals surface area contributed by atoms with Gasteiger partial charge < -0.3 is 20.4 Å². The van der Waals surface area contributed by atoms with Gasteiger partial charge in [0.05, 0.1) is 17.8 Å². The molecule has 3 rings (SSSR count). The van der Waals surface area contributed by atoms with E-state index in [1.807, 2.05) is 30.3 Å². The Kier molecular flexibility index (Phi) is 7.47. The Hall–Kier alpha value is -3.56. The van der Waals surface area contributed by atoms with Gasteiger partial charge in [0, 0.05) is 31.9 Å². The fourth-order valence-corrected chi connectivity index (χ4v) is 2.67. The Morgan fingerprint density at radius 2 is 1.87 bits per heavy atom. The van der Waals surface area contributed by atoms with Gasteiger partial charge in [-0.25, -0.2) is 9.97 Å². The molecule has 0 atom stereocenters. The van der Waals surface area contributed by atoms with Crippen molar-refractivity contribution >= 4 is 11.8 Å². The van der Waals surface area contributed by atoms with Crippen molar-refractivity contribution in [1.82, 2.24) is 20.6 Å². The summed E-state index contributed by atoms with van der Waals surface area (Å²) in [7, 11) is 1.66. The molecule has 0 aliphatic rings. The first-order valence-corrected chi connectivity index (χ1v) is 9.67. The molecule has 0 unspecified atom stereocenters. The number of aromatic nitrogens is 2. The maximum absolute atomic E-state index is 12.5. The van der Waals surface area contributed by atoms with Crippen LogP contribution in [-0.4, -0.2) is 36.1 Å². The lowest BCUT2D eigenvalue weighted by Crippen LogP contribution is -2.37. The Balaban J connectivity index is 1.36. The second-order valence-corrected chi connectivity index (χ2v) is 6.57. The largest absolute Gasteiger partial charge is 0.444 e. The number of aliphatic imine (C=N–C) groups is 1. The summed E-state index contributed by atoms with van der Waals surface area (Å²) in [4.78, 5) is 12.4. The average molecular weight is 432 g/mol. The zero-order valence-corrected chi connectivity index (χ0v) is 16.9. The summed E-state index contributed by atoms with van der Waals surface area (Å²) in [6.07, 6.45) is -1.25. The highest BCUT2D eigenvalue weighted by atomic mass is 19.4. The zero-order chi connectivity index (χ0) is 22.1. The second kappa shape index (κ2) is 10.5. The smallest absolute Gasteiger partial charge is 0.417 e. The van der Waals surface area contributed by atoms with Crippen LogP contribution in [0.2, 0.25) is 0 Å². The number of anilines is 1. The van der Waals surface area contributed by atoms with Crippen molar-refractivity contribution in [2.75, 3.05) is 25.5 Å². The Morgan fingerprint density at radius 1 is 1.06 bits per heavy atom. The molecule has 2 heterocycles. The van der Waals surface area contributed by atoms with E-state index in [1.54, 1.807) is 13.3 Å². The number of rotatable bonds is 8. The van der Waals surface area contributed by atoms with Crippen LogP contribution in [0, 0.1) is 0 Å². The van der Waals surface area contributed by atoms with Crippen molar-refractivity contribution in [2.45, 2.75) is 19.1 Å². The van der Waals surface area contributed by atoms with Crippen LogP contribution in [0.4, 0.5) is 19.0 Å². The molecule has 7 nitrogen and oxygen atoms in total. The fourth-order valence-electron chi connectivity index (χ4n) is 2.67. The van der Waals surface area contributed by atoms with E-state index in [1.165, 1.54) is 6.07 Å². The van der Waals surface area contributed by atoms with Gasteiger partial charge in [-0.2, -0.15) is 13.2 Å². The molecule has 3 N–H and O–H groups in total. The monoisotopic (exact) mass is 432 g/mol. The van der Waals surface area contributed by atoms with Crippen LogP contribution in [-0.2, 0) is 12.7 Å². The van der Waals surface area contributed by atoms with Gasteiger partial charge in [0.15, 0.2) is 5.96 Å². The first kappa shape index (κ1) is 22.1. The average Bonchev–Trinajstić information content (AvgIpc) is 3.25. The molecule has 0 spiro atoms. The molecule has 0 amide bonds. The summed E-state index contributed by atoms with van der Waals surface area (Å²) >= 11 is 0. The van der Waals surface area contributed by atoms with Crippen LogP contribution in [0.3, 0.4) is 0 Å². The number of halogens is 3. The third kappa shape index (κ3) is 6.73. The normalized spacial score (nSPS) is 11.9. The van der Waals surface area contributed by atoms with Crippen LogP contribution in [0.5, 0.6) is 0 Å². The van der Waals surface area contributed by atoms with Crippen LogP contribution in [0.15, 0.2) is 64.3 Å². The van der Waals surface area contributed by atoms with Crippen LogP contribution in [0.1, 0.15) is 17.7 Å². The summed E-state index contributed by atoms with van der Waals surface area (Å²) in [5.41, 5.74) is 0.890. The van der Waals surface area contributed by atoms with Gasteiger partial charge >= 0.3 is 6.18 Å². The third-order valence-corrected chi connectivity index (χ3v) is 4.28. The number of guanidine groups is 1. The second-order valence-electron chi connectivity index (χ2n) is 6.57. The molecule has 3 aromatic rings. The van der Waals surface area contributed by atoms with Crippen LogP contribution >= 0.6 is 0 Å². The summed E-state index contributed by atoms with van der Waals surface area (Å²) < 4.78 is 43.1. The summed E-state index contributed by atoms with van der Waals surface area (Å²) in [5, 5.41) is 9.31. The van der Waals surface area contributed by atoms with Crippen molar-refractivity contribution in [3.05, 3.63) is 66.2 Å². The number of hydrogen-bond donors (Lipinski definition) is 3. The van der Waals surface area contributed by atoms with E-state index in [2.05, 4.69) is 30.9 Å². The summed E-state index contributed by atoms with van der Waals surface area (Å²) in [6.45, 7) is 1.61. The van der Waals surface area contributed by atoms with Crippen molar-refractivity contribution in [1.29, 1.82) is 0 Å². The molecule has 31 heavy (non-hydrogen) atoms. The van der Waals surface area contributed by atoms with Crippen LogP contribution in [0.25, 0.3) is 11.5 Å². The van der Waals surface area contributed by atoms with Crippen molar-refractivity contribution in [3.63, 3.8) is 0 Å². The van der Waals surface area contributed by atoms with Gasteiger partial charge in [-0.3, -0.25) is 4.99 Å². The lowest BCUT2D eigenvalue weighted by molar-refractivity contribution is -0.137.